The number of thiocarbonyl (C=S) groups is 1. The Morgan fingerprint density at radius 2 is 1.74 bits per heavy atom. The summed E-state index contributed by atoms with van der Waals surface area (Å²) in [6.07, 6.45) is 0. The van der Waals surface area contributed by atoms with Gasteiger partial charge in [0.25, 0.3) is 11.6 Å². The van der Waals surface area contributed by atoms with Gasteiger partial charge in [-0.05, 0) is 48.6 Å². The molecule has 2 rings (SSSR count). The summed E-state index contributed by atoms with van der Waals surface area (Å²) in [6.45, 7) is -0.357. The first-order valence-corrected chi connectivity index (χ1v) is 9.21. The molecule has 27 heavy (non-hydrogen) atoms. The second-order valence-corrected chi connectivity index (χ2v) is 7.08. The predicted octanol–water partition coefficient (Wildman–Crippen LogP) is 1.13. The van der Waals surface area contributed by atoms with Crippen LogP contribution in [0.15, 0.2) is 53.4 Å². The van der Waals surface area contributed by atoms with E-state index in [4.69, 9.17) is 22.1 Å². The third-order valence-electron chi connectivity index (χ3n) is 3.11. The molecule has 12 heteroatoms. The van der Waals surface area contributed by atoms with E-state index in [-0.39, 0.29) is 28.1 Å². The number of sulfonamides is 1. The molecule has 0 bridgehead atoms. The molecule has 0 unspecified atom stereocenters. The maximum Gasteiger partial charge on any atom is 0.269 e. The molecule has 0 fully saturated rings. The fourth-order valence-corrected chi connectivity index (χ4v) is 2.61. The van der Waals surface area contributed by atoms with Crippen LogP contribution in [0, 0.1) is 10.1 Å². The van der Waals surface area contributed by atoms with Gasteiger partial charge in [0.15, 0.2) is 11.7 Å². The van der Waals surface area contributed by atoms with Gasteiger partial charge in [-0.2, -0.15) is 0 Å². The standard InChI is InChI=1S/C15H14N4O6S2/c16-27(23,24)13-7-1-10(2-8-13)17-15(26)18-14(20)9-25-12-5-3-11(4-6-12)19(21)22/h1-8H,9H2,(H2,16,23,24)(H2,17,18,20,26). The number of carbonyl (C=O) groups is 1. The van der Waals surface area contributed by atoms with E-state index in [2.05, 4.69) is 10.6 Å². The maximum absolute atomic E-state index is 11.8. The van der Waals surface area contributed by atoms with Gasteiger partial charge in [-0.3, -0.25) is 20.2 Å². The number of ether oxygens (including phenoxy) is 1. The largest absolute Gasteiger partial charge is 0.484 e. The van der Waals surface area contributed by atoms with Gasteiger partial charge in [0, 0.05) is 17.8 Å². The average molecular weight is 410 g/mol. The average Bonchev–Trinajstić information content (AvgIpc) is 2.60. The number of nitro groups is 1. The van der Waals surface area contributed by atoms with Gasteiger partial charge < -0.3 is 10.1 Å². The molecular formula is C15H14N4O6S2. The number of nitrogens with two attached hydrogens (primary N) is 1. The van der Waals surface area contributed by atoms with Crippen molar-refractivity contribution in [2.24, 2.45) is 5.14 Å². The van der Waals surface area contributed by atoms with Crippen molar-refractivity contribution in [3.05, 3.63) is 58.6 Å². The normalized spacial score (nSPS) is 10.7. The first-order valence-electron chi connectivity index (χ1n) is 7.26. The topological polar surface area (TPSA) is 154 Å². The molecule has 0 spiro atoms. The summed E-state index contributed by atoms with van der Waals surface area (Å²) in [4.78, 5) is 21.8. The Morgan fingerprint density at radius 1 is 1.15 bits per heavy atom. The zero-order valence-corrected chi connectivity index (χ0v) is 15.2. The van der Waals surface area contributed by atoms with Crippen molar-refractivity contribution in [3.8, 4) is 5.75 Å². The summed E-state index contributed by atoms with van der Waals surface area (Å²) < 4.78 is 27.6. The molecule has 0 radical (unpaired) electrons. The fourth-order valence-electron chi connectivity index (χ4n) is 1.87. The van der Waals surface area contributed by atoms with Crippen molar-refractivity contribution in [2.45, 2.75) is 4.90 Å². The van der Waals surface area contributed by atoms with Crippen LogP contribution in [-0.4, -0.2) is 31.0 Å². The van der Waals surface area contributed by atoms with Crippen LogP contribution < -0.4 is 20.5 Å². The van der Waals surface area contributed by atoms with Gasteiger partial charge in [0.2, 0.25) is 10.0 Å². The Morgan fingerprint density at radius 3 is 2.26 bits per heavy atom. The van der Waals surface area contributed by atoms with Crippen LogP contribution in [-0.2, 0) is 14.8 Å². The number of nitrogens with zero attached hydrogens (tertiary/aromatic N) is 1. The van der Waals surface area contributed by atoms with Crippen molar-refractivity contribution in [2.75, 3.05) is 11.9 Å². The zero-order valence-electron chi connectivity index (χ0n) is 13.6. The lowest BCUT2D eigenvalue weighted by atomic mass is 10.3. The second kappa shape index (κ2) is 8.53. The monoisotopic (exact) mass is 410 g/mol. The number of amides is 1. The lowest BCUT2D eigenvalue weighted by Gasteiger charge is -2.10. The maximum atomic E-state index is 11.8. The molecular weight excluding hydrogens is 396 g/mol. The Hall–Kier alpha value is -3.09. The van der Waals surface area contributed by atoms with Gasteiger partial charge in [-0.15, -0.1) is 0 Å². The minimum absolute atomic E-state index is 0.0179. The summed E-state index contributed by atoms with van der Waals surface area (Å²) in [5, 5.41) is 20.6. The zero-order chi connectivity index (χ0) is 20.0. The number of hydrogen-bond donors (Lipinski definition) is 3. The quantitative estimate of drug-likeness (QED) is 0.364. The summed E-state index contributed by atoms with van der Waals surface area (Å²) >= 11 is 4.98. The molecule has 2 aromatic rings. The number of benzene rings is 2. The molecule has 4 N–H and O–H groups in total. The smallest absolute Gasteiger partial charge is 0.269 e. The van der Waals surface area contributed by atoms with Gasteiger partial charge in [0.1, 0.15) is 5.75 Å². The minimum atomic E-state index is -3.79. The number of anilines is 1. The van der Waals surface area contributed by atoms with Crippen LogP contribution >= 0.6 is 12.2 Å². The third kappa shape index (κ3) is 6.29. The Labute approximate surface area is 159 Å². The molecule has 0 saturated carbocycles. The van der Waals surface area contributed by atoms with Gasteiger partial charge in [-0.25, -0.2) is 13.6 Å². The number of non-ortho nitro benzene ring substituents is 1. The molecule has 1 amide bonds. The van der Waals surface area contributed by atoms with Gasteiger partial charge in [-0.1, -0.05) is 0 Å². The van der Waals surface area contributed by atoms with E-state index in [0.717, 1.165) is 0 Å². The molecule has 0 aliphatic carbocycles. The number of nitro benzene ring substituents is 1. The lowest BCUT2D eigenvalue weighted by Crippen LogP contribution is -2.37. The number of carbonyl (C=O) groups excluding carboxylic acids is 1. The van der Waals surface area contributed by atoms with E-state index >= 15 is 0 Å². The van der Waals surface area contributed by atoms with Gasteiger partial charge in [0.05, 0.1) is 9.82 Å². The summed E-state index contributed by atoms with van der Waals surface area (Å²) in [7, 11) is -3.79. The van der Waals surface area contributed by atoms with Crippen molar-refractivity contribution < 1.29 is 22.9 Å². The van der Waals surface area contributed by atoms with Crippen LogP contribution in [0.5, 0.6) is 5.75 Å². The molecule has 0 saturated heterocycles. The van der Waals surface area contributed by atoms with E-state index in [1.807, 2.05) is 0 Å². The second-order valence-electron chi connectivity index (χ2n) is 5.11. The number of nitrogens with one attached hydrogen (secondary N) is 2. The lowest BCUT2D eigenvalue weighted by molar-refractivity contribution is -0.384. The summed E-state index contributed by atoms with van der Waals surface area (Å²) in [6, 6.07) is 10.7. The molecule has 0 aliphatic heterocycles. The van der Waals surface area contributed by atoms with E-state index in [1.54, 1.807) is 0 Å². The van der Waals surface area contributed by atoms with Crippen LogP contribution in [0.1, 0.15) is 0 Å². The highest BCUT2D eigenvalue weighted by atomic mass is 32.2. The van der Waals surface area contributed by atoms with Crippen LogP contribution in [0.3, 0.4) is 0 Å². The van der Waals surface area contributed by atoms with E-state index in [1.165, 1.54) is 48.5 Å². The molecule has 0 aromatic heterocycles. The first-order chi connectivity index (χ1) is 12.6. The van der Waals surface area contributed by atoms with Crippen molar-refractivity contribution in [1.82, 2.24) is 5.32 Å². The third-order valence-corrected chi connectivity index (χ3v) is 4.24. The molecule has 10 nitrogen and oxygen atoms in total. The van der Waals surface area contributed by atoms with E-state index < -0.39 is 20.9 Å². The number of primary sulfonamides is 1. The minimum Gasteiger partial charge on any atom is -0.484 e. The number of hydrogen-bond acceptors (Lipinski definition) is 7. The molecule has 0 aliphatic rings. The predicted molar refractivity (Wildman–Crippen MR) is 101 cm³/mol. The molecule has 0 heterocycles. The van der Waals surface area contributed by atoms with Gasteiger partial charge >= 0.3 is 0 Å². The van der Waals surface area contributed by atoms with Crippen molar-refractivity contribution in [1.29, 1.82) is 0 Å². The highest BCUT2D eigenvalue weighted by Gasteiger charge is 2.10. The first kappa shape index (κ1) is 20.2. The Bertz CT molecular complexity index is 959. The van der Waals surface area contributed by atoms with Crippen molar-refractivity contribution >= 4 is 44.6 Å². The summed E-state index contributed by atoms with van der Waals surface area (Å²) in [5.41, 5.74) is 0.356. The van der Waals surface area contributed by atoms with E-state index in [9.17, 15) is 23.3 Å². The van der Waals surface area contributed by atoms with Crippen LogP contribution in [0.4, 0.5) is 11.4 Å². The summed E-state index contributed by atoms with van der Waals surface area (Å²) in [5.74, 6) is -0.264. The highest BCUT2D eigenvalue weighted by Crippen LogP contribution is 2.17. The molecule has 142 valence electrons. The highest BCUT2D eigenvalue weighted by molar-refractivity contribution is 7.89. The Kier molecular flexibility index (Phi) is 6.39. The Balaban J connectivity index is 1.83. The van der Waals surface area contributed by atoms with Crippen LogP contribution in [0.2, 0.25) is 0 Å². The molecule has 2 aromatic carbocycles. The fraction of sp³-hybridized carbons (Fsp3) is 0.0667. The van der Waals surface area contributed by atoms with Crippen LogP contribution in [0.25, 0.3) is 0 Å². The molecule has 0 atom stereocenters. The number of rotatable bonds is 6. The van der Waals surface area contributed by atoms with Crippen molar-refractivity contribution in [3.63, 3.8) is 0 Å². The van der Waals surface area contributed by atoms with E-state index in [0.29, 0.717) is 5.69 Å². The SMILES string of the molecule is NS(=O)(=O)c1ccc(NC(=S)NC(=O)COc2ccc([N+](=O)[O-])cc2)cc1.